The fourth-order valence-electron chi connectivity index (χ4n) is 0.668. The molecule has 0 fully saturated rings. The summed E-state index contributed by atoms with van der Waals surface area (Å²) in [6.07, 6.45) is 7.94. The quantitative estimate of drug-likeness (QED) is 0.323. The van der Waals surface area contributed by atoms with Crippen LogP contribution in [0.25, 0.3) is 0 Å². The molecule has 2 nitrogen and oxygen atoms in total. The van der Waals surface area contributed by atoms with Gasteiger partial charge in [-0.25, -0.2) is 0 Å². The van der Waals surface area contributed by atoms with Crippen LogP contribution in [0.3, 0.4) is 0 Å². The van der Waals surface area contributed by atoms with Crippen LogP contribution in [0.4, 0.5) is 0 Å². The van der Waals surface area contributed by atoms with Gasteiger partial charge in [-0.05, 0) is 18.9 Å². The van der Waals surface area contributed by atoms with Crippen molar-refractivity contribution in [1.82, 2.24) is 0 Å². The lowest BCUT2D eigenvalue weighted by Gasteiger charge is -1.90. The smallest absolute Gasteiger partial charge is 0.297 e. The van der Waals surface area contributed by atoms with Gasteiger partial charge in [0.15, 0.2) is 0 Å². The van der Waals surface area contributed by atoms with E-state index in [0.29, 0.717) is 6.47 Å². The highest BCUT2D eigenvalue weighted by Crippen LogP contribution is 1.98. The maximum absolute atomic E-state index is 9.62. The molecular weight excluding hydrogens is 128 g/mol. The van der Waals surface area contributed by atoms with Crippen LogP contribution in [0, 0.1) is 0 Å². The van der Waals surface area contributed by atoms with Gasteiger partial charge >= 0.3 is 0 Å². The fraction of sp³-hybridized carbons (Fsp3) is 0.625. The third kappa shape index (κ3) is 7.21. The lowest BCUT2D eigenvalue weighted by Crippen LogP contribution is -1.74. The van der Waals surface area contributed by atoms with Crippen LogP contribution in [-0.4, -0.2) is 6.47 Å². The molecule has 0 aliphatic carbocycles. The largest absolute Gasteiger partial charge is 0.437 e. The van der Waals surface area contributed by atoms with E-state index in [1.54, 1.807) is 0 Å². The second-order valence-corrected chi connectivity index (χ2v) is 2.10. The Balaban J connectivity index is 2.94. The Bertz CT molecular complexity index is 97.4. The van der Waals surface area contributed by atoms with E-state index in [1.165, 1.54) is 25.5 Å². The minimum absolute atomic E-state index is 0.427. The summed E-state index contributed by atoms with van der Waals surface area (Å²) in [5, 5.41) is 0. The van der Waals surface area contributed by atoms with Gasteiger partial charge in [0, 0.05) is 0 Å². The number of unbranched alkanes of at least 4 members (excludes halogenated alkanes) is 3. The Hall–Kier alpha value is -0.790. The molecule has 0 rings (SSSR count). The van der Waals surface area contributed by atoms with Crippen LogP contribution < -0.4 is 0 Å². The molecule has 0 atom stereocenters. The number of hydrogen-bond acceptors (Lipinski definition) is 2. The normalized spacial score (nSPS) is 10.1. The topological polar surface area (TPSA) is 26.3 Å². The van der Waals surface area contributed by atoms with Crippen molar-refractivity contribution in [2.45, 2.75) is 32.6 Å². The van der Waals surface area contributed by atoms with Crippen LogP contribution >= 0.6 is 0 Å². The molecular formula is C8H14O2. The maximum Gasteiger partial charge on any atom is 0.297 e. The molecule has 0 aliphatic heterocycles. The first-order valence-electron chi connectivity index (χ1n) is 3.66. The van der Waals surface area contributed by atoms with E-state index < -0.39 is 0 Å². The number of carbonyl (C=O) groups excluding carboxylic acids is 1. The molecule has 2 heteroatoms. The molecule has 0 saturated carbocycles. The Morgan fingerprint density at radius 3 is 2.80 bits per heavy atom. The summed E-state index contributed by atoms with van der Waals surface area (Å²) >= 11 is 0. The highest BCUT2D eigenvalue weighted by Gasteiger charge is 1.80. The third-order valence-electron chi connectivity index (χ3n) is 1.20. The van der Waals surface area contributed by atoms with Gasteiger partial charge in [0.05, 0.1) is 6.26 Å². The molecule has 0 aromatic carbocycles. The van der Waals surface area contributed by atoms with E-state index in [2.05, 4.69) is 11.7 Å². The van der Waals surface area contributed by atoms with Gasteiger partial charge in [-0.1, -0.05) is 19.8 Å². The SMILES string of the molecule is CCCCC/C=C/OC=O. The molecule has 0 bridgehead atoms. The predicted molar refractivity (Wildman–Crippen MR) is 40.4 cm³/mol. The van der Waals surface area contributed by atoms with Crippen LogP contribution in [0.2, 0.25) is 0 Å². The van der Waals surface area contributed by atoms with Gasteiger partial charge in [-0.15, -0.1) is 0 Å². The zero-order valence-corrected chi connectivity index (χ0v) is 6.38. The Morgan fingerprint density at radius 2 is 2.20 bits per heavy atom. The van der Waals surface area contributed by atoms with Gasteiger partial charge < -0.3 is 4.74 Å². The van der Waals surface area contributed by atoms with Crippen molar-refractivity contribution in [3.63, 3.8) is 0 Å². The molecule has 10 heavy (non-hydrogen) atoms. The molecule has 0 unspecified atom stereocenters. The monoisotopic (exact) mass is 142 g/mol. The minimum atomic E-state index is 0.427. The maximum atomic E-state index is 9.62. The number of hydrogen-bond donors (Lipinski definition) is 0. The molecule has 0 heterocycles. The van der Waals surface area contributed by atoms with Crippen molar-refractivity contribution >= 4 is 6.47 Å². The Kier molecular flexibility index (Phi) is 7.56. The van der Waals surface area contributed by atoms with Gasteiger partial charge in [-0.2, -0.15) is 0 Å². The van der Waals surface area contributed by atoms with E-state index in [4.69, 9.17) is 0 Å². The second-order valence-electron chi connectivity index (χ2n) is 2.10. The molecule has 0 radical (unpaired) electrons. The first-order valence-corrected chi connectivity index (χ1v) is 3.66. The molecule has 0 aromatic heterocycles. The number of carbonyl (C=O) groups is 1. The second kappa shape index (κ2) is 8.21. The summed E-state index contributed by atoms with van der Waals surface area (Å²) in [6.45, 7) is 2.59. The minimum Gasteiger partial charge on any atom is -0.437 e. The van der Waals surface area contributed by atoms with Gasteiger partial charge in [-0.3, -0.25) is 4.79 Å². The van der Waals surface area contributed by atoms with Crippen molar-refractivity contribution in [2.75, 3.05) is 0 Å². The zero-order chi connectivity index (χ0) is 7.66. The zero-order valence-electron chi connectivity index (χ0n) is 6.38. The van der Waals surface area contributed by atoms with E-state index in [9.17, 15) is 4.79 Å². The first kappa shape index (κ1) is 9.21. The van der Waals surface area contributed by atoms with Crippen molar-refractivity contribution in [3.8, 4) is 0 Å². The van der Waals surface area contributed by atoms with E-state index in [0.717, 1.165) is 6.42 Å². The van der Waals surface area contributed by atoms with Crippen molar-refractivity contribution in [3.05, 3.63) is 12.3 Å². The highest BCUT2D eigenvalue weighted by molar-refractivity contribution is 5.38. The van der Waals surface area contributed by atoms with Gasteiger partial charge in [0.25, 0.3) is 6.47 Å². The summed E-state index contributed by atoms with van der Waals surface area (Å²) in [7, 11) is 0. The summed E-state index contributed by atoms with van der Waals surface area (Å²) in [5.74, 6) is 0. The van der Waals surface area contributed by atoms with Crippen molar-refractivity contribution in [1.29, 1.82) is 0 Å². The molecule has 58 valence electrons. The van der Waals surface area contributed by atoms with Crippen LogP contribution in [0.1, 0.15) is 32.6 Å². The molecule has 0 N–H and O–H groups in total. The lowest BCUT2D eigenvalue weighted by atomic mass is 10.2. The summed E-state index contributed by atoms with van der Waals surface area (Å²) < 4.78 is 4.35. The highest BCUT2D eigenvalue weighted by atomic mass is 16.5. The predicted octanol–water partition coefficient (Wildman–Crippen LogP) is 2.25. The molecule has 0 amide bonds. The van der Waals surface area contributed by atoms with Gasteiger partial charge in [0.1, 0.15) is 0 Å². The number of allylic oxidation sites excluding steroid dienone is 1. The standard InChI is InChI=1S/C8H14O2/c1-2-3-4-5-6-7-10-8-9/h6-8H,2-5H2,1H3/b7-6+. The molecule has 0 aliphatic rings. The summed E-state index contributed by atoms with van der Waals surface area (Å²) in [4.78, 5) is 9.62. The lowest BCUT2D eigenvalue weighted by molar-refractivity contribution is -0.123. The fourth-order valence-corrected chi connectivity index (χ4v) is 0.668. The summed E-state index contributed by atoms with van der Waals surface area (Å²) in [5.41, 5.74) is 0. The molecule has 0 saturated heterocycles. The number of rotatable bonds is 6. The van der Waals surface area contributed by atoms with E-state index in [1.807, 2.05) is 6.08 Å². The van der Waals surface area contributed by atoms with E-state index in [-0.39, 0.29) is 0 Å². The molecule has 0 aromatic rings. The Labute approximate surface area is 61.9 Å². The number of ether oxygens (including phenoxy) is 1. The van der Waals surface area contributed by atoms with Crippen LogP contribution in [0.15, 0.2) is 12.3 Å². The van der Waals surface area contributed by atoms with Crippen LogP contribution in [0.5, 0.6) is 0 Å². The average molecular weight is 142 g/mol. The first-order chi connectivity index (χ1) is 4.91. The molecule has 0 spiro atoms. The Morgan fingerprint density at radius 1 is 1.40 bits per heavy atom. The van der Waals surface area contributed by atoms with Crippen LogP contribution in [-0.2, 0) is 9.53 Å². The van der Waals surface area contributed by atoms with Crippen molar-refractivity contribution < 1.29 is 9.53 Å². The van der Waals surface area contributed by atoms with E-state index >= 15 is 0 Å². The summed E-state index contributed by atoms with van der Waals surface area (Å²) in [6, 6.07) is 0. The van der Waals surface area contributed by atoms with Crippen molar-refractivity contribution in [2.24, 2.45) is 0 Å². The third-order valence-corrected chi connectivity index (χ3v) is 1.20. The van der Waals surface area contributed by atoms with Gasteiger partial charge in [0.2, 0.25) is 0 Å². The average Bonchev–Trinajstić information content (AvgIpc) is 1.97.